The Morgan fingerprint density at radius 2 is 1.84 bits per heavy atom. The number of ether oxygens (including phenoxy) is 2. The molecule has 9 heteroatoms. The topological polar surface area (TPSA) is 95.3 Å². The molecule has 1 N–H and O–H groups in total. The zero-order valence-electron chi connectivity index (χ0n) is 18.2. The Hall–Kier alpha value is -3.49. The lowest BCUT2D eigenvalue weighted by molar-refractivity contribution is 0.0509. The van der Waals surface area contributed by atoms with E-state index in [1.54, 1.807) is 18.5 Å². The van der Waals surface area contributed by atoms with Crippen LogP contribution in [0.4, 0.5) is 10.2 Å². The molecule has 8 nitrogen and oxygen atoms in total. The van der Waals surface area contributed by atoms with E-state index in [1.165, 1.54) is 24.3 Å². The number of fused-ring (bicyclic) bond motifs is 1. The molecular formula is C22H25FN4O4. The number of nitrogens with zero attached hydrogens (tertiary/aromatic N) is 3. The van der Waals surface area contributed by atoms with Crippen LogP contribution in [0.25, 0.3) is 11.2 Å². The summed E-state index contributed by atoms with van der Waals surface area (Å²) in [7, 11) is 1.69. The number of rotatable bonds is 7. The van der Waals surface area contributed by atoms with E-state index >= 15 is 0 Å². The molecule has 0 saturated carbocycles. The number of halogens is 1. The maximum absolute atomic E-state index is 13.2. The van der Waals surface area contributed by atoms with Crippen LogP contribution in [0.2, 0.25) is 0 Å². The second kappa shape index (κ2) is 9.11. The normalized spacial score (nSPS) is 11.1. The third kappa shape index (κ3) is 4.50. The lowest BCUT2D eigenvalue weighted by Crippen LogP contribution is -2.15. The molecule has 0 fully saturated rings. The second-order valence-corrected chi connectivity index (χ2v) is 7.13. The van der Waals surface area contributed by atoms with Crippen molar-refractivity contribution in [3.63, 3.8) is 0 Å². The molecule has 0 atom stereocenters. The average molecular weight is 428 g/mol. The fourth-order valence-electron chi connectivity index (χ4n) is 3.12. The first kappa shape index (κ1) is 22.2. The number of hydrogen-bond donors (Lipinski definition) is 1. The number of aromatic nitrogens is 3. The highest BCUT2D eigenvalue weighted by Gasteiger charge is 2.28. The minimum absolute atomic E-state index is 0.203. The monoisotopic (exact) mass is 428 g/mol. The Labute approximate surface area is 179 Å². The summed E-state index contributed by atoms with van der Waals surface area (Å²) < 4.78 is 25.8. The van der Waals surface area contributed by atoms with E-state index in [4.69, 9.17) is 9.47 Å². The summed E-state index contributed by atoms with van der Waals surface area (Å²) in [5.41, 5.74) is 1.80. The molecule has 0 aliphatic carbocycles. The Morgan fingerprint density at radius 3 is 2.42 bits per heavy atom. The maximum Gasteiger partial charge on any atom is 0.358 e. The van der Waals surface area contributed by atoms with Crippen LogP contribution in [-0.4, -0.2) is 39.1 Å². The van der Waals surface area contributed by atoms with E-state index in [9.17, 15) is 14.0 Å². The predicted molar refractivity (Wildman–Crippen MR) is 114 cm³/mol. The van der Waals surface area contributed by atoms with Crippen LogP contribution < -0.4 is 10.1 Å². The predicted octanol–water partition coefficient (Wildman–Crippen LogP) is 3.89. The third-order valence-electron chi connectivity index (χ3n) is 4.53. The van der Waals surface area contributed by atoms with Crippen LogP contribution >= 0.6 is 0 Å². The molecule has 2 aromatic heterocycles. The molecule has 3 aromatic rings. The summed E-state index contributed by atoms with van der Waals surface area (Å²) in [6, 6.07) is 5.19. The molecule has 164 valence electrons. The average Bonchev–Trinajstić information content (AvgIpc) is 2.98. The van der Waals surface area contributed by atoms with Gasteiger partial charge in [-0.1, -0.05) is 6.92 Å². The fraction of sp³-hybridized carbons (Fsp3) is 0.364. The molecule has 0 radical (unpaired) electrons. The van der Waals surface area contributed by atoms with Crippen LogP contribution in [0.1, 0.15) is 54.2 Å². The van der Waals surface area contributed by atoms with Crippen molar-refractivity contribution in [3.05, 3.63) is 47.0 Å². The first-order valence-electron chi connectivity index (χ1n) is 10.1. The number of esters is 1. The van der Waals surface area contributed by atoms with Gasteiger partial charge in [-0.25, -0.2) is 19.2 Å². The van der Waals surface area contributed by atoms with Crippen molar-refractivity contribution in [1.29, 1.82) is 0 Å². The van der Waals surface area contributed by atoms with Gasteiger partial charge in [-0.15, -0.1) is 0 Å². The highest BCUT2D eigenvalue weighted by Crippen LogP contribution is 2.33. The first-order valence-corrected chi connectivity index (χ1v) is 10.1. The summed E-state index contributed by atoms with van der Waals surface area (Å²) in [4.78, 5) is 34.4. The van der Waals surface area contributed by atoms with Crippen LogP contribution in [0.3, 0.4) is 0 Å². The van der Waals surface area contributed by atoms with Crippen molar-refractivity contribution in [2.24, 2.45) is 7.05 Å². The quantitative estimate of drug-likeness (QED) is 0.574. The fourth-order valence-corrected chi connectivity index (χ4v) is 3.12. The Morgan fingerprint density at radius 1 is 1.16 bits per heavy atom. The van der Waals surface area contributed by atoms with Crippen molar-refractivity contribution >= 4 is 28.9 Å². The van der Waals surface area contributed by atoms with Gasteiger partial charge in [0.2, 0.25) is 0 Å². The van der Waals surface area contributed by atoms with Gasteiger partial charge in [-0.2, -0.15) is 0 Å². The minimum Gasteiger partial charge on any atom is -0.486 e. The number of aryl methyl sites for hydroxylation is 2. The van der Waals surface area contributed by atoms with Gasteiger partial charge in [0.15, 0.2) is 28.4 Å². The number of benzene rings is 1. The van der Waals surface area contributed by atoms with Crippen molar-refractivity contribution in [3.8, 4) is 5.75 Å². The van der Waals surface area contributed by atoms with Crippen LogP contribution in [-0.2, 0) is 18.2 Å². The standard InChI is InChI=1S/C22H25FN4O4/c1-6-15-19(26-21(28)13-8-10-14(23)11-9-13)25-16-18(31-12(3)4)17(22(29)30-7-2)27(5)20(16)24-15/h8-12H,6-7H2,1-5H3,(H,25,26,28). The number of carbonyl (C=O) groups is 2. The Bertz CT molecular complexity index is 1120. The maximum atomic E-state index is 13.2. The van der Waals surface area contributed by atoms with Gasteiger partial charge < -0.3 is 19.4 Å². The number of carbonyl (C=O) groups excluding carboxylic acids is 2. The highest BCUT2D eigenvalue weighted by molar-refractivity contribution is 6.05. The van der Waals surface area contributed by atoms with Gasteiger partial charge in [0.05, 0.1) is 18.4 Å². The Kier molecular flexibility index (Phi) is 6.53. The van der Waals surface area contributed by atoms with E-state index in [2.05, 4.69) is 15.3 Å². The van der Waals surface area contributed by atoms with E-state index in [1.807, 2.05) is 20.8 Å². The number of anilines is 1. The molecule has 2 heterocycles. The van der Waals surface area contributed by atoms with Gasteiger partial charge in [0.1, 0.15) is 5.82 Å². The largest absolute Gasteiger partial charge is 0.486 e. The molecule has 0 unspecified atom stereocenters. The molecular weight excluding hydrogens is 403 g/mol. The van der Waals surface area contributed by atoms with Crippen LogP contribution in [0.5, 0.6) is 5.75 Å². The van der Waals surface area contributed by atoms with Crippen LogP contribution in [0.15, 0.2) is 24.3 Å². The Balaban J connectivity index is 2.13. The molecule has 0 spiro atoms. The van der Waals surface area contributed by atoms with E-state index in [-0.39, 0.29) is 35.5 Å². The molecule has 0 aliphatic heterocycles. The minimum atomic E-state index is -0.546. The number of amides is 1. The van der Waals surface area contributed by atoms with Gasteiger partial charge in [0.25, 0.3) is 5.91 Å². The van der Waals surface area contributed by atoms with Crippen LogP contribution in [0, 0.1) is 5.82 Å². The van der Waals surface area contributed by atoms with Gasteiger partial charge >= 0.3 is 5.97 Å². The molecule has 1 amide bonds. The van der Waals surface area contributed by atoms with Crippen molar-refractivity contribution < 1.29 is 23.5 Å². The molecule has 3 rings (SSSR count). The lowest BCUT2D eigenvalue weighted by atomic mass is 10.2. The molecule has 0 bridgehead atoms. The summed E-state index contributed by atoms with van der Waals surface area (Å²) >= 11 is 0. The summed E-state index contributed by atoms with van der Waals surface area (Å²) in [5, 5.41) is 2.74. The third-order valence-corrected chi connectivity index (χ3v) is 4.53. The van der Waals surface area contributed by atoms with Crippen molar-refractivity contribution in [2.45, 2.75) is 40.2 Å². The SMILES string of the molecule is CCOC(=O)c1c(OC(C)C)c2nc(NC(=O)c3ccc(F)cc3)c(CC)nc2n1C. The number of hydrogen-bond acceptors (Lipinski definition) is 6. The zero-order valence-corrected chi connectivity index (χ0v) is 18.2. The molecule has 31 heavy (non-hydrogen) atoms. The lowest BCUT2D eigenvalue weighted by Gasteiger charge is -2.12. The smallest absolute Gasteiger partial charge is 0.358 e. The second-order valence-electron chi connectivity index (χ2n) is 7.13. The molecule has 0 saturated heterocycles. The zero-order chi connectivity index (χ0) is 22.7. The molecule has 0 aliphatic rings. The van der Waals surface area contributed by atoms with E-state index < -0.39 is 17.7 Å². The molecule has 1 aromatic carbocycles. The van der Waals surface area contributed by atoms with Crippen molar-refractivity contribution in [1.82, 2.24) is 14.5 Å². The van der Waals surface area contributed by atoms with E-state index in [0.717, 1.165) is 0 Å². The van der Waals surface area contributed by atoms with Gasteiger partial charge in [-0.3, -0.25) is 4.79 Å². The van der Waals surface area contributed by atoms with Crippen molar-refractivity contribution in [2.75, 3.05) is 11.9 Å². The summed E-state index contributed by atoms with van der Waals surface area (Å²) in [6.45, 7) is 7.47. The summed E-state index contributed by atoms with van der Waals surface area (Å²) in [5.74, 6) is -0.929. The van der Waals surface area contributed by atoms with E-state index in [0.29, 0.717) is 23.3 Å². The van der Waals surface area contributed by atoms with Gasteiger partial charge in [-0.05, 0) is 51.5 Å². The summed E-state index contributed by atoms with van der Waals surface area (Å²) in [6.07, 6.45) is 0.256. The first-order chi connectivity index (χ1) is 14.8. The number of nitrogens with one attached hydrogen (secondary N) is 1. The van der Waals surface area contributed by atoms with Gasteiger partial charge in [0, 0.05) is 12.6 Å². The highest BCUT2D eigenvalue weighted by atomic mass is 19.1.